The molecular weight excluding hydrogens is 219 g/mol. The molecule has 0 saturated heterocycles. The summed E-state index contributed by atoms with van der Waals surface area (Å²) in [6.45, 7) is 4.62. The van der Waals surface area contributed by atoms with Gasteiger partial charge in [-0.3, -0.25) is 0 Å². The Morgan fingerprint density at radius 3 is 2.67 bits per heavy atom. The minimum atomic E-state index is 0. The average Bonchev–Trinajstić information content (AvgIpc) is 2.35. The first-order valence-corrected chi connectivity index (χ1v) is 5.79. The van der Waals surface area contributed by atoms with E-state index in [1.54, 1.807) is 7.11 Å². The van der Waals surface area contributed by atoms with Crippen molar-refractivity contribution in [1.82, 2.24) is 0 Å². The maximum atomic E-state index is 5.58. The summed E-state index contributed by atoms with van der Waals surface area (Å²) >= 11 is 0. The molecule has 18 heavy (non-hydrogen) atoms. The molecule has 90 valence electrons. The molecule has 2 aromatic carbocycles. The number of hydrogen-bond acceptors (Lipinski definition) is 2. The fourth-order valence-electron chi connectivity index (χ4n) is 1.98. The summed E-state index contributed by atoms with van der Waals surface area (Å²) in [7, 11) is 1.62. The van der Waals surface area contributed by atoms with E-state index in [1.165, 1.54) is 10.9 Å². The van der Waals surface area contributed by atoms with Crippen molar-refractivity contribution in [2.24, 2.45) is 0 Å². The smallest absolute Gasteiger partial charge is 0.493 e. The van der Waals surface area contributed by atoms with Gasteiger partial charge in [-0.2, -0.15) is 12.1 Å². The van der Waals surface area contributed by atoms with Crippen LogP contribution >= 0.6 is 0 Å². The molecule has 0 bridgehead atoms. The standard InChI is InChI=1S/C15H17O2.Li/c1-11(2)13-8-4-6-12-7-5-9-14(15(12)13)17-10-16-3;/h4-8,11H,10H2,1-3H3;/q-1;+1. The van der Waals surface area contributed by atoms with E-state index in [4.69, 9.17) is 9.47 Å². The van der Waals surface area contributed by atoms with Crippen LogP contribution in [0.2, 0.25) is 0 Å². The Balaban J connectivity index is 0.00000162. The van der Waals surface area contributed by atoms with E-state index in [1.807, 2.05) is 6.07 Å². The molecule has 0 aliphatic heterocycles. The zero-order chi connectivity index (χ0) is 12.3. The molecule has 0 amide bonds. The van der Waals surface area contributed by atoms with Crippen molar-refractivity contribution >= 4 is 10.8 Å². The maximum absolute atomic E-state index is 5.58. The first kappa shape index (κ1) is 15.1. The van der Waals surface area contributed by atoms with Crippen LogP contribution in [0.5, 0.6) is 5.75 Å². The third-order valence-electron chi connectivity index (χ3n) is 2.78. The Labute approximate surface area is 120 Å². The van der Waals surface area contributed by atoms with Crippen LogP contribution in [0.4, 0.5) is 0 Å². The second kappa shape index (κ2) is 6.85. The normalized spacial score (nSPS) is 10.4. The van der Waals surface area contributed by atoms with Gasteiger partial charge in [0.25, 0.3) is 0 Å². The summed E-state index contributed by atoms with van der Waals surface area (Å²) in [5.74, 6) is 1.23. The van der Waals surface area contributed by atoms with Crippen LogP contribution in [0.3, 0.4) is 0 Å². The first-order chi connectivity index (χ1) is 8.24. The number of fused-ring (bicyclic) bond motifs is 1. The third-order valence-corrected chi connectivity index (χ3v) is 2.78. The molecule has 0 radical (unpaired) electrons. The molecule has 0 aliphatic rings. The van der Waals surface area contributed by atoms with E-state index < -0.39 is 0 Å². The van der Waals surface area contributed by atoms with Crippen LogP contribution in [0, 0.1) is 6.07 Å². The number of ether oxygens (including phenoxy) is 2. The third kappa shape index (κ3) is 3.08. The quantitative estimate of drug-likeness (QED) is 0.443. The van der Waals surface area contributed by atoms with Crippen LogP contribution in [-0.2, 0) is 4.74 Å². The molecule has 0 aromatic heterocycles. The number of rotatable bonds is 4. The van der Waals surface area contributed by atoms with Gasteiger partial charge in [0.15, 0.2) is 6.79 Å². The summed E-state index contributed by atoms with van der Waals surface area (Å²) < 4.78 is 10.5. The van der Waals surface area contributed by atoms with Crippen LogP contribution in [0.15, 0.2) is 30.3 Å². The molecule has 0 spiro atoms. The molecular formula is C15H17LiO2. The van der Waals surface area contributed by atoms with Gasteiger partial charge in [-0.25, -0.2) is 0 Å². The van der Waals surface area contributed by atoms with Gasteiger partial charge in [0.1, 0.15) is 0 Å². The minimum Gasteiger partial charge on any atom is -0.493 e. The fourth-order valence-corrected chi connectivity index (χ4v) is 1.98. The molecule has 0 N–H and O–H groups in total. The molecule has 0 fully saturated rings. The summed E-state index contributed by atoms with van der Waals surface area (Å²) in [5, 5.41) is 2.32. The van der Waals surface area contributed by atoms with Crippen molar-refractivity contribution in [3.63, 3.8) is 0 Å². The van der Waals surface area contributed by atoms with Gasteiger partial charge in [0.2, 0.25) is 0 Å². The molecule has 2 nitrogen and oxygen atoms in total. The van der Waals surface area contributed by atoms with E-state index in [0.717, 1.165) is 11.1 Å². The Morgan fingerprint density at radius 2 is 2.00 bits per heavy atom. The second-order valence-electron chi connectivity index (χ2n) is 4.32. The van der Waals surface area contributed by atoms with Crippen molar-refractivity contribution in [3.05, 3.63) is 42.0 Å². The molecule has 0 atom stereocenters. The van der Waals surface area contributed by atoms with Gasteiger partial charge in [0.05, 0.1) is 0 Å². The summed E-state index contributed by atoms with van der Waals surface area (Å²) in [5.41, 5.74) is 1.28. The number of benzene rings is 2. The Morgan fingerprint density at radius 1 is 1.22 bits per heavy atom. The SMILES string of the molecule is COCOc1[c-]ccc2cccc(C(C)C)c12.[Li+]. The van der Waals surface area contributed by atoms with Crippen LogP contribution in [0.1, 0.15) is 25.3 Å². The van der Waals surface area contributed by atoms with Gasteiger partial charge < -0.3 is 9.47 Å². The molecule has 3 heteroatoms. The van der Waals surface area contributed by atoms with E-state index in [-0.39, 0.29) is 25.7 Å². The maximum Gasteiger partial charge on any atom is 1.00 e. The first-order valence-electron chi connectivity index (χ1n) is 5.79. The second-order valence-corrected chi connectivity index (χ2v) is 4.32. The van der Waals surface area contributed by atoms with Gasteiger partial charge >= 0.3 is 18.9 Å². The van der Waals surface area contributed by atoms with Crippen molar-refractivity contribution in [1.29, 1.82) is 0 Å². The zero-order valence-corrected chi connectivity index (χ0v) is 11.5. The van der Waals surface area contributed by atoms with E-state index in [2.05, 4.69) is 44.2 Å². The summed E-state index contributed by atoms with van der Waals surface area (Å²) in [4.78, 5) is 0. The Kier molecular flexibility index (Phi) is 5.75. The van der Waals surface area contributed by atoms with Crippen molar-refractivity contribution in [3.8, 4) is 5.75 Å². The van der Waals surface area contributed by atoms with E-state index in [9.17, 15) is 0 Å². The van der Waals surface area contributed by atoms with Crippen LogP contribution in [-0.4, -0.2) is 13.9 Å². The topological polar surface area (TPSA) is 18.5 Å². The molecule has 0 aliphatic carbocycles. The van der Waals surface area contributed by atoms with Crippen LogP contribution in [0.25, 0.3) is 10.8 Å². The molecule has 0 saturated carbocycles. The molecule has 2 aromatic rings. The van der Waals surface area contributed by atoms with Gasteiger partial charge in [-0.05, 0) is 5.92 Å². The Hall–Kier alpha value is -0.943. The van der Waals surface area contributed by atoms with Crippen LogP contribution < -0.4 is 23.6 Å². The monoisotopic (exact) mass is 236 g/mol. The van der Waals surface area contributed by atoms with Gasteiger partial charge in [-0.15, -0.1) is 11.5 Å². The molecule has 2 rings (SSSR count). The fraction of sp³-hybridized carbons (Fsp3) is 0.333. The minimum absolute atomic E-state index is 0. The Bertz CT molecular complexity index is 504. The summed E-state index contributed by atoms with van der Waals surface area (Å²) in [6.07, 6.45) is 0. The molecule has 0 unspecified atom stereocenters. The molecule has 0 heterocycles. The van der Waals surface area contributed by atoms with Gasteiger partial charge in [-0.1, -0.05) is 43.0 Å². The van der Waals surface area contributed by atoms with Crippen molar-refractivity contribution in [2.75, 3.05) is 13.9 Å². The van der Waals surface area contributed by atoms with Crippen molar-refractivity contribution in [2.45, 2.75) is 19.8 Å². The van der Waals surface area contributed by atoms with E-state index >= 15 is 0 Å². The average molecular weight is 236 g/mol. The van der Waals surface area contributed by atoms with Gasteiger partial charge in [0, 0.05) is 12.9 Å². The number of methoxy groups -OCH3 is 1. The summed E-state index contributed by atoms with van der Waals surface area (Å²) in [6, 6.07) is 13.4. The zero-order valence-electron chi connectivity index (χ0n) is 11.5. The largest absolute Gasteiger partial charge is 1.00 e. The van der Waals surface area contributed by atoms with Crippen molar-refractivity contribution < 1.29 is 28.3 Å². The number of hydrogen-bond donors (Lipinski definition) is 0. The predicted molar refractivity (Wildman–Crippen MR) is 69.4 cm³/mol. The predicted octanol–water partition coefficient (Wildman–Crippen LogP) is 0.750. The van der Waals surface area contributed by atoms with E-state index in [0.29, 0.717) is 5.92 Å².